The molecule has 1 rings (SSSR count). The smallest absolute Gasteiger partial charge is 0.431 e. The molecule has 0 aliphatic carbocycles. The number of halogens is 3. The first-order chi connectivity index (χ1) is 6.30. The highest BCUT2D eigenvalue weighted by Gasteiger charge is 2.37. The van der Waals surface area contributed by atoms with Crippen LogP contribution in [0.5, 0.6) is 0 Å². The molecule has 1 atom stereocenters. The molecular weight excluding hydrogens is 201 g/mol. The van der Waals surface area contributed by atoms with Gasteiger partial charge in [-0.25, -0.2) is 0 Å². The van der Waals surface area contributed by atoms with Crippen molar-refractivity contribution in [2.24, 2.45) is 4.99 Å². The van der Waals surface area contributed by atoms with Crippen molar-refractivity contribution in [2.45, 2.75) is 12.5 Å². The highest BCUT2D eigenvalue weighted by Crippen LogP contribution is 2.29. The largest absolute Gasteiger partial charge is 0.433 e. The molecule has 1 heterocycles. The standard InChI is InChI=1S/C7H9F3N2O2/c1-12(2)6-11-4(7(8,9)10)3-5(13)14-6/h3,5,13H,1-2H3. The maximum Gasteiger partial charge on any atom is 0.433 e. The first-order valence-electron chi connectivity index (χ1n) is 3.70. The summed E-state index contributed by atoms with van der Waals surface area (Å²) in [6.07, 6.45) is -5.68. The molecule has 0 aromatic carbocycles. The average molecular weight is 210 g/mol. The molecule has 1 aliphatic heterocycles. The lowest BCUT2D eigenvalue weighted by atomic mass is 10.3. The Labute approximate surface area is 78.3 Å². The van der Waals surface area contributed by atoms with E-state index in [9.17, 15) is 13.2 Å². The topological polar surface area (TPSA) is 45.1 Å². The maximum atomic E-state index is 12.2. The lowest BCUT2D eigenvalue weighted by molar-refractivity contribution is -0.0986. The normalized spacial score (nSPS) is 22.3. The van der Waals surface area contributed by atoms with E-state index in [1.165, 1.54) is 19.0 Å². The van der Waals surface area contributed by atoms with Gasteiger partial charge in [0.05, 0.1) is 0 Å². The highest BCUT2D eigenvalue weighted by molar-refractivity contribution is 5.75. The Morgan fingerprint density at radius 3 is 2.50 bits per heavy atom. The second-order valence-corrected chi connectivity index (χ2v) is 2.85. The first-order valence-corrected chi connectivity index (χ1v) is 3.70. The van der Waals surface area contributed by atoms with Gasteiger partial charge in [-0.1, -0.05) is 0 Å². The van der Waals surface area contributed by atoms with Crippen LogP contribution in [0, 0.1) is 0 Å². The second-order valence-electron chi connectivity index (χ2n) is 2.85. The summed E-state index contributed by atoms with van der Waals surface area (Å²) in [6, 6.07) is -0.271. The SMILES string of the molecule is CN(C)C1=NC(C(F)(F)F)=CC(O)O1. The van der Waals surface area contributed by atoms with Crippen molar-refractivity contribution in [1.82, 2.24) is 4.90 Å². The van der Waals surface area contributed by atoms with E-state index in [-0.39, 0.29) is 6.02 Å². The third-order valence-corrected chi connectivity index (χ3v) is 1.42. The highest BCUT2D eigenvalue weighted by atomic mass is 19.4. The Morgan fingerprint density at radius 1 is 1.50 bits per heavy atom. The van der Waals surface area contributed by atoms with Gasteiger partial charge in [0, 0.05) is 20.2 Å². The molecule has 1 aliphatic rings. The van der Waals surface area contributed by atoms with Gasteiger partial charge in [-0.3, -0.25) is 0 Å². The summed E-state index contributed by atoms with van der Waals surface area (Å²) in [5.41, 5.74) is -1.15. The lowest BCUT2D eigenvalue weighted by Gasteiger charge is -2.23. The minimum absolute atomic E-state index is 0.271. The maximum absolute atomic E-state index is 12.2. The summed E-state index contributed by atoms with van der Waals surface area (Å²) in [4.78, 5) is 4.44. The van der Waals surface area contributed by atoms with Crippen LogP contribution in [0.25, 0.3) is 0 Å². The van der Waals surface area contributed by atoms with Gasteiger partial charge in [-0.05, 0) is 0 Å². The molecule has 14 heavy (non-hydrogen) atoms. The fourth-order valence-electron chi connectivity index (χ4n) is 0.807. The Balaban J connectivity index is 2.96. The van der Waals surface area contributed by atoms with Crippen molar-refractivity contribution in [3.8, 4) is 0 Å². The molecule has 0 spiro atoms. The van der Waals surface area contributed by atoms with Crippen molar-refractivity contribution < 1.29 is 23.0 Å². The van der Waals surface area contributed by atoms with E-state index in [1.807, 2.05) is 0 Å². The van der Waals surface area contributed by atoms with Gasteiger partial charge in [0.1, 0.15) is 0 Å². The molecule has 0 saturated carbocycles. The molecule has 0 fully saturated rings. The number of aliphatic hydroxyl groups is 1. The van der Waals surface area contributed by atoms with Crippen LogP contribution in [0.2, 0.25) is 0 Å². The van der Waals surface area contributed by atoms with Crippen LogP contribution in [0.1, 0.15) is 0 Å². The summed E-state index contributed by atoms with van der Waals surface area (Å²) in [5.74, 6) is 0. The molecule has 0 amide bonds. The quantitative estimate of drug-likeness (QED) is 0.640. The van der Waals surface area contributed by atoms with Gasteiger partial charge in [0.2, 0.25) is 6.29 Å². The van der Waals surface area contributed by atoms with E-state index in [1.54, 1.807) is 0 Å². The van der Waals surface area contributed by atoms with Crippen LogP contribution in [0.15, 0.2) is 16.8 Å². The van der Waals surface area contributed by atoms with Crippen LogP contribution in [-0.4, -0.2) is 42.6 Å². The molecular formula is C7H9F3N2O2. The van der Waals surface area contributed by atoms with E-state index in [2.05, 4.69) is 9.73 Å². The predicted octanol–water partition coefficient (Wildman–Crippen LogP) is 0.699. The number of alkyl halides is 3. The van der Waals surface area contributed by atoms with Gasteiger partial charge >= 0.3 is 6.18 Å². The number of hydrogen-bond acceptors (Lipinski definition) is 4. The van der Waals surface area contributed by atoms with E-state index in [0.29, 0.717) is 6.08 Å². The molecule has 0 saturated heterocycles. The zero-order valence-corrected chi connectivity index (χ0v) is 7.54. The van der Waals surface area contributed by atoms with E-state index < -0.39 is 18.2 Å². The van der Waals surface area contributed by atoms with Gasteiger partial charge in [-0.15, -0.1) is 0 Å². The Bertz CT molecular complexity index is 283. The monoisotopic (exact) mass is 210 g/mol. The van der Waals surface area contributed by atoms with Gasteiger partial charge in [0.25, 0.3) is 6.02 Å². The summed E-state index contributed by atoms with van der Waals surface area (Å²) in [6.45, 7) is 0. The van der Waals surface area contributed by atoms with E-state index in [4.69, 9.17) is 5.11 Å². The molecule has 1 N–H and O–H groups in total. The zero-order valence-electron chi connectivity index (χ0n) is 7.54. The Hall–Kier alpha value is -1.24. The fraction of sp³-hybridized carbons (Fsp3) is 0.571. The van der Waals surface area contributed by atoms with Crippen LogP contribution in [0.3, 0.4) is 0 Å². The molecule has 7 heteroatoms. The molecule has 80 valence electrons. The second kappa shape index (κ2) is 3.49. The van der Waals surface area contributed by atoms with E-state index >= 15 is 0 Å². The Kier molecular flexibility index (Phi) is 2.70. The number of hydrogen-bond donors (Lipinski definition) is 1. The zero-order chi connectivity index (χ0) is 10.9. The molecule has 0 aromatic rings. The van der Waals surface area contributed by atoms with E-state index in [0.717, 1.165) is 0 Å². The number of amidine groups is 1. The van der Waals surface area contributed by atoms with Crippen molar-refractivity contribution in [1.29, 1.82) is 0 Å². The van der Waals surface area contributed by atoms with Crippen LogP contribution in [-0.2, 0) is 4.74 Å². The third-order valence-electron chi connectivity index (χ3n) is 1.42. The minimum atomic E-state index is -4.58. The van der Waals surface area contributed by atoms with Crippen molar-refractivity contribution in [2.75, 3.05) is 14.1 Å². The molecule has 0 bridgehead atoms. The number of aliphatic hydroxyl groups excluding tert-OH is 1. The predicted molar refractivity (Wildman–Crippen MR) is 42.4 cm³/mol. The fourth-order valence-corrected chi connectivity index (χ4v) is 0.807. The first kappa shape index (κ1) is 10.8. The van der Waals surface area contributed by atoms with Gasteiger partial charge in [0.15, 0.2) is 5.70 Å². The van der Waals surface area contributed by atoms with Gasteiger partial charge < -0.3 is 14.7 Å². The number of aliphatic imine (C=N–C) groups is 1. The van der Waals surface area contributed by atoms with Gasteiger partial charge in [-0.2, -0.15) is 18.2 Å². The molecule has 4 nitrogen and oxygen atoms in total. The van der Waals surface area contributed by atoms with Crippen molar-refractivity contribution >= 4 is 6.02 Å². The number of rotatable bonds is 0. The summed E-state index contributed by atoms with van der Waals surface area (Å²) < 4.78 is 41.2. The number of allylic oxidation sites excluding steroid dienone is 1. The molecule has 0 radical (unpaired) electrons. The van der Waals surface area contributed by atoms with Crippen LogP contribution >= 0.6 is 0 Å². The molecule has 1 unspecified atom stereocenters. The van der Waals surface area contributed by atoms with Crippen LogP contribution in [0.4, 0.5) is 13.2 Å². The average Bonchev–Trinajstić information content (AvgIpc) is 2.01. The molecule has 0 aromatic heterocycles. The summed E-state index contributed by atoms with van der Waals surface area (Å²) in [7, 11) is 2.93. The number of ether oxygens (including phenoxy) is 1. The van der Waals surface area contributed by atoms with Crippen molar-refractivity contribution in [3.05, 3.63) is 11.8 Å². The Morgan fingerprint density at radius 2 is 2.07 bits per heavy atom. The summed E-state index contributed by atoms with van der Waals surface area (Å²) >= 11 is 0. The number of nitrogens with zero attached hydrogens (tertiary/aromatic N) is 2. The van der Waals surface area contributed by atoms with Crippen LogP contribution < -0.4 is 0 Å². The third kappa shape index (κ3) is 2.38. The summed E-state index contributed by atoms with van der Waals surface area (Å²) in [5, 5.41) is 8.96. The lowest BCUT2D eigenvalue weighted by Crippen LogP contribution is -2.33. The minimum Gasteiger partial charge on any atom is -0.431 e. The van der Waals surface area contributed by atoms with Crippen molar-refractivity contribution in [3.63, 3.8) is 0 Å².